The van der Waals surface area contributed by atoms with Gasteiger partial charge in [-0.15, -0.1) is 0 Å². The maximum Gasteiger partial charge on any atom is 0.354 e. The van der Waals surface area contributed by atoms with E-state index in [2.05, 4.69) is 0 Å². The molecular formula is C26H33FN2O4. The highest BCUT2D eigenvalue weighted by Gasteiger charge is 2.36. The van der Waals surface area contributed by atoms with Crippen LogP contribution >= 0.6 is 0 Å². The fourth-order valence-electron chi connectivity index (χ4n) is 4.96. The summed E-state index contributed by atoms with van der Waals surface area (Å²) in [5, 5.41) is 0. The number of aromatic nitrogens is 1. The van der Waals surface area contributed by atoms with E-state index in [4.69, 9.17) is 4.74 Å². The molecule has 1 heterocycles. The lowest BCUT2D eigenvalue weighted by Gasteiger charge is -2.31. The Labute approximate surface area is 194 Å². The summed E-state index contributed by atoms with van der Waals surface area (Å²) in [6.45, 7) is 7.93. The molecule has 3 rings (SSSR count). The van der Waals surface area contributed by atoms with E-state index in [1.54, 1.807) is 35.4 Å². The molecule has 1 aliphatic rings. The summed E-state index contributed by atoms with van der Waals surface area (Å²) in [6.07, 6.45) is 3.64. The van der Waals surface area contributed by atoms with Crippen molar-refractivity contribution >= 4 is 17.7 Å². The van der Waals surface area contributed by atoms with Crippen molar-refractivity contribution in [3.05, 3.63) is 58.2 Å². The van der Waals surface area contributed by atoms with Crippen LogP contribution in [0.15, 0.2) is 24.3 Å². The van der Waals surface area contributed by atoms with E-state index in [0.29, 0.717) is 29.1 Å². The zero-order chi connectivity index (χ0) is 24.3. The molecule has 0 aliphatic heterocycles. The SMILES string of the molecule is CCn1c(C)c(C(=O)[C@H](C)N(Cc2ccc(F)cc2)C(=O)C2CCCC2)c(C)c1C(=O)OC. The number of hydrogen-bond acceptors (Lipinski definition) is 4. The second-order valence-electron chi connectivity index (χ2n) is 8.78. The minimum absolute atomic E-state index is 0.0453. The number of ketones is 1. The van der Waals surface area contributed by atoms with E-state index < -0.39 is 12.0 Å². The second-order valence-corrected chi connectivity index (χ2v) is 8.78. The van der Waals surface area contributed by atoms with Gasteiger partial charge in [0.05, 0.1) is 13.2 Å². The van der Waals surface area contributed by atoms with E-state index in [9.17, 15) is 18.8 Å². The average molecular weight is 457 g/mol. The van der Waals surface area contributed by atoms with Crippen molar-refractivity contribution in [3.8, 4) is 0 Å². The quantitative estimate of drug-likeness (QED) is 0.421. The highest BCUT2D eigenvalue weighted by atomic mass is 19.1. The van der Waals surface area contributed by atoms with Crippen molar-refractivity contribution in [1.29, 1.82) is 0 Å². The van der Waals surface area contributed by atoms with Gasteiger partial charge in [0, 0.05) is 30.3 Å². The van der Waals surface area contributed by atoms with Crippen LogP contribution in [-0.4, -0.2) is 40.3 Å². The van der Waals surface area contributed by atoms with Crippen LogP contribution in [0, 0.1) is 25.6 Å². The van der Waals surface area contributed by atoms with Gasteiger partial charge in [0.2, 0.25) is 5.91 Å². The van der Waals surface area contributed by atoms with Crippen LogP contribution in [0.3, 0.4) is 0 Å². The number of esters is 1. The molecule has 2 aromatic rings. The number of rotatable bonds is 8. The molecule has 1 fully saturated rings. The van der Waals surface area contributed by atoms with Gasteiger partial charge in [-0.1, -0.05) is 25.0 Å². The summed E-state index contributed by atoms with van der Waals surface area (Å²) in [7, 11) is 1.32. The first-order valence-corrected chi connectivity index (χ1v) is 11.6. The number of amides is 1. The fourth-order valence-corrected chi connectivity index (χ4v) is 4.96. The molecule has 1 saturated carbocycles. The third-order valence-electron chi connectivity index (χ3n) is 6.81. The van der Waals surface area contributed by atoms with Crippen molar-refractivity contribution in [1.82, 2.24) is 9.47 Å². The summed E-state index contributed by atoms with van der Waals surface area (Å²) in [5.41, 5.74) is 2.82. The summed E-state index contributed by atoms with van der Waals surface area (Å²) >= 11 is 0. The normalized spacial score (nSPS) is 14.8. The Morgan fingerprint density at radius 2 is 1.76 bits per heavy atom. The molecule has 1 amide bonds. The highest BCUT2D eigenvalue weighted by molar-refractivity contribution is 6.06. The van der Waals surface area contributed by atoms with Crippen LogP contribution in [-0.2, 0) is 22.6 Å². The number of carbonyl (C=O) groups excluding carboxylic acids is 3. The molecule has 1 aromatic carbocycles. The molecule has 6 nitrogen and oxygen atoms in total. The van der Waals surface area contributed by atoms with Crippen LogP contribution < -0.4 is 0 Å². The smallest absolute Gasteiger partial charge is 0.354 e. The van der Waals surface area contributed by atoms with Gasteiger partial charge in [0.15, 0.2) is 5.78 Å². The predicted molar refractivity (Wildman–Crippen MR) is 124 cm³/mol. The summed E-state index contributed by atoms with van der Waals surface area (Å²) in [6, 6.07) is 5.26. The van der Waals surface area contributed by atoms with E-state index >= 15 is 0 Å². The molecule has 0 unspecified atom stereocenters. The zero-order valence-corrected chi connectivity index (χ0v) is 20.1. The summed E-state index contributed by atoms with van der Waals surface area (Å²) < 4.78 is 20.1. The number of methoxy groups -OCH3 is 1. The minimum atomic E-state index is -0.737. The third-order valence-corrected chi connectivity index (χ3v) is 6.81. The van der Waals surface area contributed by atoms with Crippen LogP contribution in [0.1, 0.15) is 77.2 Å². The Bertz CT molecular complexity index is 1040. The number of hydrogen-bond donors (Lipinski definition) is 0. The van der Waals surface area contributed by atoms with Crippen LogP contribution in [0.5, 0.6) is 0 Å². The van der Waals surface area contributed by atoms with Crippen molar-refractivity contribution in [2.75, 3.05) is 7.11 Å². The first-order valence-electron chi connectivity index (χ1n) is 11.6. The molecular weight excluding hydrogens is 423 g/mol. The second kappa shape index (κ2) is 10.3. The van der Waals surface area contributed by atoms with Crippen LogP contribution in [0.4, 0.5) is 4.39 Å². The van der Waals surface area contributed by atoms with Gasteiger partial charge in [0.1, 0.15) is 11.5 Å². The molecule has 0 N–H and O–H groups in total. The number of Topliss-reactive ketones (excluding diaryl/α,β-unsaturated/α-hetero) is 1. The van der Waals surface area contributed by atoms with Gasteiger partial charge in [-0.2, -0.15) is 0 Å². The standard InChI is InChI=1S/C26H33FN2O4/c1-6-28-17(3)22(16(2)23(28)26(32)33-5)24(30)18(4)29(25(31)20-9-7-8-10-20)15-19-11-13-21(27)14-12-19/h11-14,18,20H,6-10,15H2,1-5H3/t18-/m0/s1. The Hall–Kier alpha value is -2.96. The molecule has 1 aromatic heterocycles. The number of ether oxygens (including phenoxy) is 1. The Kier molecular flexibility index (Phi) is 7.72. The van der Waals surface area contributed by atoms with E-state index in [1.165, 1.54) is 19.2 Å². The maximum atomic E-state index is 13.8. The average Bonchev–Trinajstić information content (AvgIpc) is 3.43. The lowest BCUT2D eigenvalue weighted by atomic mass is 9.97. The van der Waals surface area contributed by atoms with E-state index in [-0.39, 0.29) is 30.0 Å². The van der Waals surface area contributed by atoms with Gasteiger partial charge in [0.25, 0.3) is 0 Å². The molecule has 0 spiro atoms. The molecule has 0 radical (unpaired) electrons. The Balaban J connectivity index is 2.00. The number of nitrogens with zero attached hydrogens (tertiary/aromatic N) is 2. The summed E-state index contributed by atoms with van der Waals surface area (Å²) in [5.74, 6) is -1.20. The number of benzene rings is 1. The fraction of sp³-hybridized carbons (Fsp3) is 0.500. The molecule has 0 saturated heterocycles. The third kappa shape index (κ3) is 4.87. The van der Waals surface area contributed by atoms with E-state index in [0.717, 1.165) is 31.2 Å². The van der Waals surface area contributed by atoms with Crippen LogP contribution in [0.25, 0.3) is 0 Å². The molecule has 1 atom stereocenters. The van der Waals surface area contributed by atoms with Gasteiger partial charge >= 0.3 is 5.97 Å². The lowest BCUT2D eigenvalue weighted by molar-refractivity contribution is -0.137. The first-order chi connectivity index (χ1) is 15.7. The number of halogens is 1. The van der Waals surface area contributed by atoms with Crippen LogP contribution in [0.2, 0.25) is 0 Å². The molecule has 178 valence electrons. The van der Waals surface area contributed by atoms with Gasteiger partial charge < -0.3 is 14.2 Å². The van der Waals surface area contributed by atoms with Gasteiger partial charge in [-0.3, -0.25) is 9.59 Å². The van der Waals surface area contributed by atoms with Gasteiger partial charge in [-0.25, -0.2) is 9.18 Å². The monoisotopic (exact) mass is 456 g/mol. The van der Waals surface area contributed by atoms with Crippen molar-refractivity contribution in [2.45, 2.75) is 72.5 Å². The molecule has 1 aliphatic carbocycles. The largest absolute Gasteiger partial charge is 0.464 e. The van der Waals surface area contributed by atoms with Crippen molar-refractivity contribution < 1.29 is 23.5 Å². The Morgan fingerprint density at radius 1 is 1.15 bits per heavy atom. The van der Waals surface area contributed by atoms with E-state index in [1.807, 2.05) is 13.8 Å². The highest BCUT2D eigenvalue weighted by Crippen LogP contribution is 2.30. The summed E-state index contributed by atoms with van der Waals surface area (Å²) in [4.78, 5) is 41.3. The maximum absolute atomic E-state index is 13.8. The van der Waals surface area contributed by atoms with Gasteiger partial charge in [-0.05, 0) is 63.8 Å². The van der Waals surface area contributed by atoms with Crippen molar-refractivity contribution in [2.24, 2.45) is 5.92 Å². The topological polar surface area (TPSA) is 68.6 Å². The first kappa shape index (κ1) is 24.7. The lowest BCUT2D eigenvalue weighted by Crippen LogP contribution is -2.45. The molecule has 7 heteroatoms. The predicted octanol–water partition coefficient (Wildman–Crippen LogP) is 4.84. The molecule has 0 bridgehead atoms. The molecule has 33 heavy (non-hydrogen) atoms. The zero-order valence-electron chi connectivity index (χ0n) is 20.1. The van der Waals surface area contributed by atoms with Crippen molar-refractivity contribution in [3.63, 3.8) is 0 Å². The number of carbonyl (C=O) groups is 3. The minimum Gasteiger partial charge on any atom is -0.464 e. The Morgan fingerprint density at radius 3 is 2.30 bits per heavy atom.